The van der Waals surface area contributed by atoms with Crippen LogP contribution in [0.5, 0.6) is 11.6 Å². The summed E-state index contributed by atoms with van der Waals surface area (Å²) in [4.78, 5) is 26.5. The average molecular weight is 322 g/mol. The predicted molar refractivity (Wildman–Crippen MR) is 79.6 cm³/mol. The molecule has 23 heavy (non-hydrogen) atoms. The molecule has 3 N–H and O–H groups in total. The van der Waals surface area contributed by atoms with Gasteiger partial charge in [0.25, 0.3) is 5.91 Å². The first-order valence-electron chi connectivity index (χ1n) is 7.12. The maximum absolute atomic E-state index is 12.0. The van der Waals surface area contributed by atoms with Gasteiger partial charge >= 0.3 is 5.97 Å². The lowest BCUT2D eigenvalue weighted by Crippen LogP contribution is -2.29. The Labute approximate surface area is 131 Å². The van der Waals surface area contributed by atoms with Crippen molar-refractivity contribution in [1.29, 1.82) is 0 Å². The third kappa shape index (κ3) is 3.68. The Balaban J connectivity index is 2.34. The number of aromatic nitrogens is 3. The molecular formula is C14H18N4O5. The molecule has 1 unspecified atom stereocenters. The van der Waals surface area contributed by atoms with Crippen LogP contribution >= 0.6 is 0 Å². The molecule has 2 heterocycles. The molecule has 2 aromatic rings. The van der Waals surface area contributed by atoms with Gasteiger partial charge in [-0.3, -0.25) is 9.59 Å². The zero-order chi connectivity index (χ0) is 17.0. The van der Waals surface area contributed by atoms with Crippen molar-refractivity contribution in [3.8, 4) is 11.6 Å². The largest absolute Gasteiger partial charge is 0.507 e. The van der Waals surface area contributed by atoms with E-state index in [1.807, 2.05) is 13.8 Å². The first-order valence-corrected chi connectivity index (χ1v) is 7.12. The van der Waals surface area contributed by atoms with Crippen LogP contribution in [0.1, 0.15) is 30.6 Å². The summed E-state index contributed by atoms with van der Waals surface area (Å²) in [6.45, 7) is 3.92. The van der Waals surface area contributed by atoms with Crippen LogP contribution in [0.2, 0.25) is 0 Å². The number of hydrogen-bond acceptors (Lipinski definition) is 6. The second kappa shape index (κ2) is 6.95. The van der Waals surface area contributed by atoms with Crippen LogP contribution in [0.25, 0.3) is 5.65 Å². The molecule has 0 saturated carbocycles. The number of ether oxygens (including phenoxy) is 1. The molecule has 0 aromatic carbocycles. The number of fused-ring (bicyclic) bond motifs is 1. The molecule has 0 aliphatic heterocycles. The topological polar surface area (TPSA) is 126 Å². The predicted octanol–water partition coefficient (Wildman–Crippen LogP) is 0.674. The number of amides is 1. The smallest absolute Gasteiger partial charge is 0.322 e. The standard InChI is InChI=1S/C14H18N4O5/c1-3-8(2)6-23-10-4-9(19)12(13-16-7-17-18(10)13)14(22)15-5-11(20)21/h4,7-8,19H,3,5-6H2,1-2H3,(H,15,22)(H,20,21). The van der Waals surface area contributed by atoms with Gasteiger partial charge in [-0.15, -0.1) is 0 Å². The summed E-state index contributed by atoms with van der Waals surface area (Å²) in [6.07, 6.45) is 2.15. The molecule has 0 bridgehead atoms. The van der Waals surface area contributed by atoms with Gasteiger partial charge in [0.1, 0.15) is 24.2 Å². The maximum atomic E-state index is 12.0. The molecule has 9 nitrogen and oxygen atoms in total. The van der Waals surface area contributed by atoms with Gasteiger partial charge in [0.15, 0.2) is 5.65 Å². The lowest BCUT2D eigenvalue weighted by Gasteiger charge is -2.13. The van der Waals surface area contributed by atoms with Gasteiger partial charge in [0.2, 0.25) is 5.88 Å². The van der Waals surface area contributed by atoms with Crippen molar-refractivity contribution in [3.05, 3.63) is 18.0 Å². The molecule has 0 fully saturated rings. The van der Waals surface area contributed by atoms with E-state index in [1.54, 1.807) is 0 Å². The lowest BCUT2D eigenvalue weighted by molar-refractivity contribution is -0.135. The van der Waals surface area contributed by atoms with E-state index in [2.05, 4.69) is 15.4 Å². The molecule has 2 aromatic heterocycles. The Morgan fingerprint density at radius 1 is 1.48 bits per heavy atom. The first kappa shape index (κ1) is 16.5. The van der Waals surface area contributed by atoms with E-state index in [9.17, 15) is 14.7 Å². The fourth-order valence-corrected chi connectivity index (χ4v) is 1.85. The maximum Gasteiger partial charge on any atom is 0.322 e. The minimum atomic E-state index is -1.19. The highest BCUT2D eigenvalue weighted by atomic mass is 16.5. The number of nitrogens with one attached hydrogen (secondary N) is 1. The van der Waals surface area contributed by atoms with Crippen molar-refractivity contribution in [2.45, 2.75) is 20.3 Å². The summed E-state index contributed by atoms with van der Waals surface area (Å²) >= 11 is 0. The molecule has 2 rings (SSSR count). The zero-order valence-electron chi connectivity index (χ0n) is 12.8. The molecule has 9 heteroatoms. The monoisotopic (exact) mass is 322 g/mol. The Bertz CT molecular complexity index is 727. The fourth-order valence-electron chi connectivity index (χ4n) is 1.85. The summed E-state index contributed by atoms with van der Waals surface area (Å²) in [6, 6.07) is 1.26. The number of carbonyl (C=O) groups excluding carboxylic acids is 1. The van der Waals surface area contributed by atoms with Gasteiger partial charge in [-0.2, -0.15) is 9.61 Å². The Morgan fingerprint density at radius 2 is 2.22 bits per heavy atom. The number of aromatic hydroxyl groups is 1. The quantitative estimate of drug-likeness (QED) is 0.684. The number of pyridine rings is 1. The zero-order valence-corrected chi connectivity index (χ0v) is 12.8. The number of carboxylic acid groups (broad SMARTS) is 1. The molecule has 1 amide bonds. The van der Waals surface area contributed by atoms with Gasteiger partial charge in [0.05, 0.1) is 6.61 Å². The van der Waals surface area contributed by atoms with E-state index in [4.69, 9.17) is 9.84 Å². The Morgan fingerprint density at radius 3 is 2.87 bits per heavy atom. The summed E-state index contributed by atoms with van der Waals surface area (Å²) in [5.74, 6) is -1.73. The van der Waals surface area contributed by atoms with Gasteiger partial charge in [0, 0.05) is 6.07 Å². The molecule has 124 valence electrons. The van der Waals surface area contributed by atoms with E-state index >= 15 is 0 Å². The molecular weight excluding hydrogens is 304 g/mol. The average Bonchev–Trinajstić information content (AvgIpc) is 2.99. The van der Waals surface area contributed by atoms with Crippen LogP contribution in [0, 0.1) is 5.92 Å². The van der Waals surface area contributed by atoms with E-state index in [1.165, 1.54) is 16.9 Å². The minimum absolute atomic E-state index is 0.0899. The van der Waals surface area contributed by atoms with Crippen LogP contribution in [0.15, 0.2) is 12.4 Å². The second-order valence-corrected chi connectivity index (χ2v) is 5.14. The minimum Gasteiger partial charge on any atom is -0.507 e. The number of aliphatic carboxylic acids is 1. The molecule has 0 radical (unpaired) electrons. The number of carbonyl (C=O) groups is 2. The van der Waals surface area contributed by atoms with Crippen molar-refractivity contribution in [2.24, 2.45) is 5.92 Å². The molecule has 1 atom stereocenters. The molecule has 0 aliphatic rings. The highest BCUT2D eigenvalue weighted by Crippen LogP contribution is 2.27. The highest BCUT2D eigenvalue weighted by molar-refractivity contribution is 6.03. The van der Waals surface area contributed by atoms with Gasteiger partial charge in [-0.25, -0.2) is 4.98 Å². The van der Waals surface area contributed by atoms with Crippen LogP contribution < -0.4 is 10.1 Å². The fraction of sp³-hybridized carbons (Fsp3) is 0.429. The Kier molecular flexibility index (Phi) is 4.99. The highest BCUT2D eigenvalue weighted by Gasteiger charge is 2.21. The SMILES string of the molecule is CCC(C)COc1cc(O)c(C(=O)NCC(=O)O)c2ncnn12. The van der Waals surface area contributed by atoms with E-state index in [-0.39, 0.29) is 22.8 Å². The van der Waals surface area contributed by atoms with Crippen molar-refractivity contribution < 1.29 is 24.5 Å². The third-order valence-corrected chi connectivity index (χ3v) is 3.34. The van der Waals surface area contributed by atoms with Crippen LogP contribution in [0.4, 0.5) is 0 Å². The lowest BCUT2D eigenvalue weighted by atomic mass is 10.1. The van der Waals surface area contributed by atoms with Gasteiger partial charge in [-0.05, 0) is 5.92 Å². The molecule has 0 saturated heterocycles. The van der Waals surface area contributed by atoms with E-state index in [0.717, 1.165) is 6.42 Å². The normalized spacial score (nSPS) is 12.1. The molecule has 0 spiro atoms. The molecule has 0 aliphatic carbocycles. The van der Waals surface area contributed by atoms with Crippen molar-refractivity contribution >= 4 is 17.5 Å². The summed E-state index contributed by atoms with van der Waals surface area (Å²) in [5, 5.41) is 24.9. The number of rotatable bonds is 7. The van der Waals surface area contributed by atoms with Crippen molar-refractivity contribution in [2.75, 3.05) is 13.2 Å². The number of carboxylic acids is 1. The number of nitrogens with zero attached hydrogens (tertiary/aromatic N) is 3. The van der Waals surface area contributed by atoms with Crippen molar-refractivity contribution in [1.82, 2.24) is 19.9 Å². The summed E-state index contributed by atoms with van der Waals surface area (Å²) in [7, 11) is 0. The summed E-state index contributed by atoms with van der Waals surface area (Å²) < 4.78 is 6.91. The van der Waals surface area contributed by atoms with Crippen LogP contribution in [-0.4, -0.2) is 49.8 Å². The third-order valence-electron chi connectivity index (χ3n) is 3.34. The van der Waals surface area contributed by atoms with Crippen molar-refractivity contribution in [3.63, 3.8) is 0 Å². The van der Waals surface area contributed by atoms with E-state index in [0.29, 0.717) is 12.5 Å². The summed E-state index contributed by atoms with van der Waals surface area (Å²) in [5.41, 5.74) is -0.0633. The number of hydrogen-bond donors (Lipinski definition) is 3. The van der Waals surface area contributed by atoms with E-state index < -0.39 is 18.4 Å². The van der Waals surface area contributed by atoms with Gasteiger partial charge in [-0.1, -0.05) is 20.3 Å². The second-order valence-electron chi connectivity index (χ2n) is 5.14. The van der Waals surface area contributed by atoms with Crippen LogP contribution in [0.3, 0.4) is 0 Å². The first-order chi connectivity index (χ1) is 10.9. The van der Waals surface area contributed by atoms with Crippen LogP contribution in [-0.2, 0) is 4.79 Å². The Hall–Kier alpha value is -2.84. The van der Waals surface area contributed by atoms with Gasteiger partial charge < -0.3 is 20.3 Å².